The van der Waals surface area contributed by atoms with Gasteiger partial charge in [0.05, 0.1) is 0 Å². The number of para-hydroxylation sites is 1. The molecule has 0 radical (unpaired) electrons. The number of hydrogen-bond donors (Lipinski definition) is 1. The summed E-state index contributed by atoms with van der Waals surface area (Å²) in [7, 11) is 4.10. The Morgan fingerprint density at radius 1 is 1.00 bits per heavy atom. The highest BCUT2D eigenvalue weighted by molar-refractivity contribution is 5.84. The molecule has 102 valence electrons. The van der Waals surface area contributed by atoms with Gasteiger partial charge in [-0.3, -0.25) is 0 Å². The summed E-state index contributed by atoms with van der Waals surface area (Å²) in [5.41, 5.74) is 5.40. The zero-order valence-corrected chi connectivity index (χ0v) is 12.1. The van der Waals surface area contributed by atoms with Crippen LogP contribution in [0.15, 0.2) is 54.7 Å². The highest BCUT2D eigenvalue weighted by Crippen LogP contribution is 2.23. The van der Waals surface area contributed by atoms with Crippen LogP contribution in [0.1, 0.15) is 16.7 Å². The van der Waals surface area contributed by atoms with E-state index < -0.39 is 0 Å². The number of fused-ring (bicyclic) bond motifs is 1. The lowest BCUT2D eigenvalue weighted by atomic mass is 10.0. The molecule has 0 fully saturated rings. The third-order valence-corrected chi connectivity index (χ3v) is 3.75. The molecule has 1 aromatic heterocycles. The van der Waals surface area contributed by atoms with Crippen molar-refractivity contribution in [1.82, 2.24) is 9.88 Å². The fourth-order valence-corrected chi connectivity index (χ4v) is 2.84. The van der Waals surface area contributed by atoms with Crippen LogP contribution >= 0.6 is 0 Å². The first-order chi connectivity index (χ1) is 9.78. The molecule has 0 unspecified atom stereocenters. The van der Waals surface area contributed by atoms with E-state index in [0.29, 0.717) is 0 Å². The average molecular weight is 264 g/mol. The molecule has 1 heterocycles. The first-order valence-corrected chi connectivity index (χ1v) is 7.03. The molecule has 0 aliphatic heterocycles. The van der Waals surface area contributed by atoms with Gasteiger partial charge in [0.15, 0.2) is 0 Å². The number of hydrogen-bond acceptors (Lipinski definition) is 1. The van der Waals surface area contributed by atoms with Crippen molar-refractivity contribution in [2.24, 2.45) is 7.05 Å². The van der Waals surface area contributed by atoms with Gasteiger partial charge in [-0.15, -0.1) is 0 Å². The molecule has 0 saturated carbocycles. The van der Waals surface area contributed by atoms with Gasteiger partial charge >= 0.3 is 0 Å². The lowest BCUT2D eigenvalue weighted by Crippen LogP contribution is -2.05. The van der Waals surface area contributed by atoms with E-state index in [4.69, 9.17) is 0 Å². The van der Waals surface area contributed by atoms with E-state index in [1.165, 1.54) is 27.6 Å². The summed E-state index contributed by atoms with van der Waals surface area (Å²) in [5.74, 6) is 0. The van der Waals surface area contributed by atoms with E-state index in [1.807, 2.05) is 7.05 Å². The quantitative estimate of drug-likeness (QED) is 0.763. The molecular formula is C18H20N2. The van der Waals surface area contributed by atoms with Gasteiger partial charge in [-0.1, -0.05) is 42.5 Å². The predicted molar refractivity (Wildman–Crippen MR) is 84.9 cm³/mol. The third kappa shape index (κ3) is 2.47. The minimum Gasteiger partial charge on any atom is -0.350 e. The van der Waals surface area contributed by atoms with Gasteiger partial charge in [-0.05, 0) is 36.2 Å². The Morgan fingerprint density at radius 3 is 2.65 bits per heavy atom. The van der Waals surface area contributed by atoms with Gasteiger partial charge in [0.25, 0.3) is 0 Å². The van der Waals surface area contributed by atoms with Crippen molar-refractivity contribution in [3.63, 3.8) is 0 Å². The molecule has 0 spiro atoms. The molecule has 2 aromatic carbocycles. The molecule has 2 nitrogen and oxygen atoms in total. The average Bonchev–Trinajstić information content (AvgIpc) is 2.77. The smallest absolute Gasteiger partial charge is 0.0480 e. The number of aryl methyl sites for hydroxylation is 1. The van der Waals surface area contributed by atoms with E-state index in [1.54, 1.807) is 0 Å². The van der Waals surface area contributed by atoms with Crippen LogP contribution in [0.4, 0.5) is 0 Å². The fraction of sp³-hybridized carbons (Fsp3) is 0.222. The van der Waals surface area contributed by atoms with Crippen molar-refractivity contribution in [2.45, 2.75) is 13.0 Å². The largest absolute Gasteiger partial charge is 0.350 e. The molecule has 0 aliphatic carbocycles. The third-order valence-electron chi connectivity index (χ3n) is 3.75. The van der Waals surface area contributed by atoms with Crippen molar-refractivity contribution in [2.75, 3.05) is 7.05 Å². The highest BCUT2D eigenvalue weighted by atomic mass is 14.9. The number of nitrogens with one attached hydrogen (secondary N) is 1. The number of aromatic nitrogens is 1. The minimum absolute atomic E-state index is 0.920. The maximum atomic E-state index is 3.20. The van der Waals surface area contributed by atoms with E-state index in [-0.39, 0.29) is 0 Å². The Morgan fingerprint density at radius 2 is 1.80 bits per heavy atom. The van der Waals surface area contributed by atoms with Crippen LogP contribution in [0.5, 0.6) is 0 Å². The van der Waals surface area contributed by atoms with Crippen LogP contribution in [0.25, 0.3) is 10.9 Å². The fourth-order valence-electron chi connectivity index (χ4n) is 2.84. The first kappa shape index (κ1) is 12.9. The summed E-state index contributed by atoms with van der Waals surface area (Å²) in [6.07, 6.45) is 3.23. The number of rotatable bonds is 4. The van der Waals surface area contributed by atoms with Crippen molar-refractivity contribution < 1.29 is 0 Å². The van der Waals surface area contributed by atoms with E-state index >= 15 is 0 Å². The summed E-state index contributed by atoms with van der Waals surface area (Å²) in [4.78, 5) is 0. The van der Waals surface area contributed by atoms with Crippen LogP contribution in [-0.4, -0.2) is 11.6 Å². The molecule has 0 bridgehead atoms. The standard InChI is InChI=1S/C18H20N2/c1-19-12-15-7-5-6-14(10-15)11-16-13-20(2)18-9-4-3-8-17(16)18/h3-10,13,19H,11-12H2,1-2H3. The second-order valence-electron chi connectivity index (χ2n) is 5.31. The zero-order valence-electron chi connectivity index (χ0n) is 12.1. The van der Waals surface area contributed by atoms with Gasteiger partial charge in [-0.25, -0.2) is 0 Å². The second kappa shape index (κ2) is 5.51. The number of benzene rings is 2. The van der Waals surface area contributed by atoms with Crippen molar-refractivity contribution >= 4 is 10.9 Å². The molecule has 20 heavy (non-hydrogen) atoms. The minimum atomic E-state index is 0.920. The Hall–Kier alpha value is -2.06. The molecule has 1 N–H and O–H groups in total. The summed E-state index contributed by atoms with van der Waals surface area (Å²) in [6, 6.07) is 17.4. The second-order valence-corrected chi connectivity index (χ2v) is 5.31. The summed E-state index contributed by atoms with van der Waals surface area (Å²) >= 11 is 0. The number of nitrogens with zero attached hydrogens (tertiary/aromatic N) is 1. The molecule has 3 aromatic rings. The van der Waals surface area contributed by atoms with Crippen LogP contribution in [0, 0.1) is 0 Å². The molecule has 0 atom stereocenters. The Balaban J connectivity index is 1.95. The molecular weight excluding hydrogens is 244 g/mol. The van der Waals surface area contributed by atoms with Crippen LogP contribution in [0.2, 0.25) is 0 Å². The van der Waals surface area contributed by atoms with Crippen LogP contribution < -0.4 is 5.32 Å². The molecule has 2 heteroatoms. The molecule has 0 saturated heterocycles. The van der Waals surface area contributed by atoms with E-state index in [0.717, 1.165) is 13.0 Å². The Bertz CT molecular complexity index is 725. The van der Waals surface area contributed by atoms with E-state index in [2.05, 4.69) is 71.7 Å². The normalized spacial score (nSPS) is 11.1. The van der Waals surface area contributed by atoms with Crippen molar-refractivity contribution in [3.8, 4) is 0 Å². The maximum Gasteiger partial charge on any atom is 0.0480 e. The first-order valence-electron chi connectivity index (χ1n) is 7.03. The summed E-state index contributed by atoms with van der Waals surface area (Å²) < 4.78 is 2.21. The van der Waals surface area contributed by atoms with Crippen molar-refractivity contribution in [1.29, 1.82) is 0 Å². The van der Waals surface area contributed by atoms with Gasteiger partial charge in [-0.2, -0.15) is 0 Å². The Labute approximate surface area is 120 Å². The Kier molecular flexibility index (Phi) is 3.57. The van der Waals surface area contributed by atoms with Crippen molar-refractivity contribution in [3.05, 3.63) is 71.4 Å². The van der Waals surface area contributed by atoms with Gasteiger partial charge in [0, 0.05) is 30.7 Å². The topological polar surface area (TPSA) is 17.0 Å². The molecule has 0 aliphatic rings. The molecule has 0 amide bonds. The predicted octanol–water partition coefficient (Wildman–Crippen LogP) is 3.49. The summed E-state index contributed by atoms with van der Waals surface area (Å²) in [5, 5.41) is 4.56. The van der Waals surface area contributed by atoms with E-state index in [9.17, 15) is 0 Å². The highest BCUT2D eigenvalue weighted by Gasteiger charge is 2.06. The van der Waals surface area contributed by atoms with Gasteiger partial charge in [0.1, 0.15) is 0 Å². The van der Waals surface area contributed by atoms with Crippen LogP contribution in [-0.2, 0) is 20.0 Å². The maximum absolute atomic E-state index is 3.20. The lowest BCUT2D eigenvalue weighted by molar-refractivity contribution is 0.816. The molecule has 3 rings (SSSR count). The van der Waals surface area contributed by atoms with Gasteiger partial charge < -0.3 is 9.88 Å². The summed E-state index contributed by atoms with van der Waals surface area (Å²) in [6.45, 7) is 0.920. The zero-order chi connectivity index (χ0) is 13.9. The monoisotopic (exact) mass is 264 g/mol. The SMILES string of the molecule is CNCc1cccc(Cc2cn(C)c3ccccc23)c1. The van der Waals surface area contributed by atoms with Gasteiger partial charge in [0.2, 0.25) is 0 Å². The van der Waals surface area contributed by atoms with Crippen LogP contribution in [0.3, 0.4) is 0 Å². The lowest BCUT2D eigenvalue weighted by Gasteiger charge is -2.04.